The Morgan fingerprint density at radius 2 is 1.73 bits per heavy atom. The van der Waals surface area contributed by atoms with Crippen molar-refractivity contribution in [3.63, 3.8) is 0 Å². The minimum Gasteiger partial charge on any atom is -0.481 e. The zero-order valence-electron chi connectivity index (χ0n) is 11.2. The molecule has 0 fully saturated rings. The van der Waals surface area contributed by atoms with Crippen LogP contribution in [-0.2, 0) is 15.8 Å². The quantitative estimate of drug-likeness (QED) is 0.731. The van der Waals surface area contributed by atoms with Gasteiger partial charge in [0.15, 0.2) is 0 Å². The lowest BCUT2D eigenvalue weighted by atomic mass is 10.1. The van der Waals surface area contributed by atoms with Gasteiger partial charge in [0.05, 0.1) is 5.56 Å². The van der Waals surface area contributed by atoms with Crippen molar-refractivity contribution in [2.75, 3.05) is 0 Å². The minimum absolute atomic E-state index is 0.102. The maximum atomic E-state index is 12.4. The first-order valence-electron chi connectivity index (χ1n) is 6.10. The molecule has 22 heavy (non-hydrogen) atoms. The number of halogens is 3. The normalized spacial score (nSPS) is 12.5. The first-order chi connectivity index (χ1) is 10.1. The van der Waals surface area contributed by atoms with Crippen LogP contribution in [0.15, 0.2) is 24.3 Å². The van der Waals surface area contributed by atoms with Crippen molar-refractivity contribution in [2.45, 2.75) is 25.1 Å². The van der Waals surface area contributed by atoms with Crippen molar-refractivity contribution in [3.8, 4) is 0 Å². The van der Waals surface area contributed by atoms with Gasteiger partial charge in [-0.05, 0) is 30.7 Å². The number of nitrogens with two attached hydrogens (primary N) is 1. The van der Waals surface area contributed by atoms with Crippen LogP contribution in [-0.4, -0.2) is 28.9 Å². The van der Waals surface area contributed by atoms with Gasteiger partial charge in [-0.25, -0.2) is 0 Å². The highest BCUT2D eigenvalue weighted by Gasteiger charge is 2.30. The standard InChI is InChI=1S/C13H13F3N2O4/c14-13(15,16)8-3-1-7(2-4-8)12(22)18-9(11(17)21)5-6-10(19)20/h1-4,9H,5-6H2,(H2,17,21)(H,18,22)(H,19,20)/t9-/m1/s1. The number of nitrogens with one attached hydrogen (secondary N) is 1. The van der Waals surface area contributed by atoms with Gasteiger partial charge in [0, 0.05) is 12.0 Å². The summed E-state index contributed by atoms with van der Waals surface area (Å²) in [5.41, 5.74) is 4.02. The van der Waals surface area contributed by atoms with Gasteiger partial charge >= 0.3 is 12.1 Å². The van der Waals surface area contributed by atoms with E-state index in [2.05, 4.69) is 5.32 Å². The molecule has 0 aliphatic carbocycles. The van der Waals surface area contributed by atoms with Gasteiger partial charge in [0.1, 0.15) is 6.04 Å². The predicted octanol–water partition coefficient (Wildman–Crippen LogP) is 1.15. The van der Waals surface area contributed by atoms with Crippen LogP contribution in [0.1, 0.15) is 28.8 Å². The summed E-state index contributed by atoms with van der Waals surface area (Å²) < 4.78 is 37.2. The molecule has 4 N–H and O–H groups in total. The second-order valence-electron chi connectivity index (χ2n) is 4.44. The Morgan fingerprint density at radius 3 is 2.14 bits per heavy atom. The molecule has 0 saturated heterocycles. The van der Waals surface area contributed by atoms with Crippen LogP contribution in [0.5, 0.6) is 0 Å². The zero-order chi connectivity index (χ0) is 16.9. The molecule has 0 heterocycles. The lowest BCUT2D eigenvalue weighted by molar-refractivity contribution is -0.138. The van der Waals surface area contributed by atoms with Gasteiger partial charge in [-0.1, -0.05) is 0 Å². The topological polar surface area (TPSA) is 109 Å². The Hall–Kier alpha value is -2.58. The molecule has 1 rings (SSSR count). The van der Waals surface area contributed by atoms with Crippen LogP contribution < -0.4 is 11.1 Å². The summed E-state index contributed by atoms with van der Waals surface area (Å²) in [6.45, 7) is 0. The number of hydrogen-bond acceptors (Lipinski definition) is 3. The molecule has 120 valence electrons. The molecule has 0 aliphatic heterocycles. The number of carboxylic acids is 1. The molecule has 0 unspecified atom stereocenters. The first-order valence-corrected chi connectivity index (χ1v) is 6.10. The van der Waals surface area contributed by atoms with Crippen LogP contribution >= 0.6 is 0 Å². The summed E-state index contributed by atoms with van der Waals surface area (Å²) in [6.07, 6.45) is -5.12. The lowest BCUT2D eigenvalue weighted by Gasteiger charge is -2.15. The van der Waals surface area contributed by atoms with E-state index in [0.29, 0.717) is 0 Å². The molecule has 1 aromatic carbocycles. The lowest BCUT2D eigenvalue weighted by Crippen LogP contribution is -2.44. The Labute approximate surface area is 123 Å². The predicted molar refractivity (Wildman–Crippen MR) is 68.8 cm³/mol. The highest BCUT2D eigenvalue weighted by Crippen LogP contribution is 2.29. The fourth-order valence-electron chi connectivity index (χ4n) is 1.61. The van der Waals surface area contributed by atoms with Gasteiger partial charge in [0.25, 0.3) is 5.91 Å². The molecule has 0 bridgehead atoms. The van der Waals surface area contributed by atoms with Crippen LogP contribution in [0.4, 0.5) is 13.2 Å². The van der Waals surface area contributed by atoms with E-state index < -0.39 is 35.6 Å². The largest absolute Gasteiger partial charge is 0.481 e. The fraction of sp³-hybridized carbons (Fsp3) is 0.308. The number of rotatable bonds is 6. The third-order valence-corrected chi connectivity index (χ3v) is 2.77. The Bertz CT molecular complexity index is 570. The zero-order valence-corrected chi connectivity index (χ0v) is 11.2. The highest BCUT2D eigenvalue weighted by molar-refractivity contribution is 5.97. The van der Waals surface area contributed by atoms with Crippen molar-refractivity contribution < 1.29 is 32.7 Å². The van der Waals surface area contributed by atoms with Gasteiger partial charge in [-0.2, -0.15) is 13.2 Å². The molecule has 0 spiro atoms. The van der Waals surface area contributed by atoms with E-state index in [-0.39, 0.29) is 18.4 Å². The average Bonchev–Trinajstić information content (AvgIpc) is 2.41. The molecular weight excluding hydrogens is 305 g/mol. The van der Waals surface area contributed by atoms with Crippen molar-refractivity contribution in [3.05, 3.63) is 35.4 Å². The van der Waals surface area contributed by atoms with Crippen molar-refractivity contribution in [1.82, 2.24) is 5.32 Å². The van der Waals surface area contributed by atoms with E-state index >= 15 is 0 Å². The van der Waals surface area contributed by atoms with E-state index in [1.54, 1.807) is 0 Å². The van der Waals surface area contributed by atoms with Crippen LogP contribution in [0.2, 0.25) is 0 Å². The van der Waals surface area contributed by atoms with Gasteiger partial charge < -0.3 is 16.2 Å². The Morgan fingerprint density at radius 1 is 1.18 bits per heavy atom. The number of alkyl halides is 3. The molecule has 0 saturated carbocycles. The van der Waals surface area contributed by atoms with Crippen molar-refractivity contribution in [1.29, 1.82) is 0 Å². The molecule has 2 amide bonds. The number of aliphatic carboxylic acids is 1. The molecule has 6 nitrogen and oxygen atoms in total. The highest BCUT2D eigenvalue weighted by atomic mass is 19.4. The molecule has 1 aromatic rings. The third-order valence-electron chi connectivity index (χ3n) is 2.77. The number of carboxylic acid groups (broad SMARTS) is 1. The first kappa shape index (κ1) is 17.5. The second kappa shape index (κ2) is 6.92. The summed E-state index contributed by atoms with van der Waals surface area (Å²) in [4.78, 5) is 33.4. The number of carbonyl (C=O) groups is 3. The van der Waals surface area contributed by atoms with Crippen molar-refractivity contribution in [2.24, 2.45) is 5.73 Å². The number of benzene rings is 1. The molecule has 0 aliphatic rings. The summed E-state index contributed by atoms with van der Waals surface area (Å²) in [7, 11) is 0. The molecule has 0 radical (unpaired) electrons. The molecule has 0 aromatic heterocycles. The summed E-state index contributed by atoms with van der Waals surface area (Å²) in [5.74, 6) is -2.92. The van der Waals surface area contributed by atoms with E-state index in [4.69, 9.17) is 10.8 Å². The summed E-state index contributed by atoms with van der Waals surface area (Å²) in [5, 5.41) is 10.7. The van der Waals surface area contributed by atoms with E-state index in [1.807, 2.05) is 0 Å². The molecule has 9 heteroatoms. The number of carbonyl (C=O) groups excluding carboxylic acids is 2. The van der Waals surface area contributed by atoms with Gasteiger partial charge in [-0.15, -0.1) is 0 Å². The fourth-order valence-corrected chi connectivity index (χ4v) is 1.61. The number of primary amides is 1. The minimum atomic E-state index is -4.52. The number of hydrogen-bond donors (Lipinski definition) is 3. The maximum Gasteiger partial charge on any atom is 0.416 e. The SMILES string of the molecule is NC(=O)[C@@H](CCC(=O)O)NC(=O)c1ccc(C(F)(F)F)cc1. The van der Waals surface area contributed by atoms with Gasteiger partial charge in [0.2, 0.25) is 5.91 Å². The number of amides is 2. The Kier molecular flexibility index (Phi) is 5.50. The van der Waals surface area contributed by atoms with Crippen molar-refractivity contribution >= 4 is 17.8 Å². The van der Waals surface area contributed by atoms with Gasteiger partial charge in [-0.3, -0.25) is 14.4 Å². The summed E-state index contributed by atoms with van der Waals surface area (Å²) in [6, 6.07) is 2.14. The monoisotopic (exact) mass is 318 g/mol. The van der Waals surface area contributed by atoms with E-state index in [0.717, 1.165) is 24.3 Å². The van der Waals surface area contributed by atoms with Crippen LogP contribution in [0, 0.1) is 0 Å². The van der Waals surface area contributed by atoms with Crippen LogP contribution in [0.3, 0.4) is 0 Å². The summed E-state index contributed by atoms with van der Waals surface area (Å²) >= 11 is 0. The van der Waals surface area contributed by atoms with E-state index in [1.165, 1.54) is 0 Å². The molecule has 1 atom stereocenters. The molecular formula is C13H13F3N2O4. The van der Waals surface area contributed by atoms with Crippen LogP contribution in [0.25, 0.3) is 0 Å². The second-order valence-corrected chi connectivity index (χ2v) is 4.44. The smallest absolute Gasteiger partial charge is 0.416 e. The van der Waals surface area contributed by atoms with E-state index in [9.17, 15) is 27.6 Å². The average molecular weight is 318 g/mol. The maximum absolute atomic E-state index is 12.4. The third kappa shape index (κ3) is 5.08. The Balaban J connectivity index is 2.77.